The minimum absolute atomic E-state index is 0.0323. The number of benzene rings is 1. The predicted octanol–water partition coefficient (Wildman–Crippen LogP) is -0.484. The predicted molar refractivity (Wildman–Crippen MR) is 74.9 cm³/mol. The molecule has 2 atom stereocenters. The summed E-state index contributed by atoms with van der Waals surface area (Å²) in [4.78, 5) is 0. The molecule has 5 nitrogen and oxygen atoms in total. The second kappa shape index (κ2) is 9.89. The van der Waals surface area contributed by atoms with Crippen LogP contribution in [0.5, 0.6) is 0 Å². The molecule has 0 aliphatic rings. The van der Waals surface area contributed by atoms with Gasteiger partial charge in [0.2, 0.25) is 0 Å². The Balaban J connectivity index is 2.13. The van der Waals surface area contributed by atoms with Crippen molar-refractivity contribution in [1.29, 1.82) is 0 Å². The van der Waals surface area contributed by atoms with Gasteiger partial charge < -0.3 is 26.0 Å². The molecule has 0 bridgehead atoms. The van der Waals surface area contributed by atoms with Crippen LogP contribution in [0.25, 0.3) is 0 Å². The first-order valence-electron chi connectivity index (χ1n) is 6.61. The smallest absolute Gasteiger partial charge is 0.0818 e. The number of hydrogen-bond donors (Lipinski definition) is 4. The zero-order chi connectivity index (χ0) is 13.9. The van der Waals surface area contributed by atoms with Crippen molar-refractivity contribution < 1.29 is 14.9 Å². The van der Waals surface area contributed by atoms with Gasteiger partial charge in [-0.05, 0) is 12.0 Å². The quantitative estimate of drug-likeness (QED) is 0.430. The normalized spacial score (nSPS) is 14.3. The highest BCUT2D eigenvalue weighted by Gasteiger charge is 2.14. The Hall–Kier alpha value is -0.980. The summed E-state index contributed by atoms with van der Waals surface area (Å²) in [5, 5.41) is 21.5. The van der Waals surface area contributed by atoms with Crippen LogP contribution < -0.4 is 11.1 Å². The summed E-state index contributed by atoms with van der Waals surface area (Å²) in [6.45, 7) is 1.97. The summed E-state index contributed by atoms with van der Waals surface area (Å²) in [5.74, 6) is 0. The number of nitrogens with one attached hydrogen (secondary N) is 1. The van der Waals surface area contributed by atoms with E-state index in [0.29, 0.717) is 32.7 Å². The van der Waals surface area contributed by atoms with Gasteiger partial charge in [0.05, 0.1) is 25.9 Å². The lowest BCUT2D eigenvalue weighted by Gasteiger charge is -2.19. The van der Waals surface area contributed by atoms with Crippen molar-refractivity contribution in [1.82, 2.24) is 5.32 Å². The van der Waals surface area contributed by atoms with E-state index in [9.17, 15) is 5.11 Å². The molecule has 0 amide bonds. The fraction of sp³-hybridized carbons (Fsp3) is 0.571. The highest BCUT2D eigenvalue weighted by Crippen LogP contribution is 2.04. The van der Waals surface area contributed by atoms with Crippen LogP contribution in [-0.2, 0) is 11.2 Å². The second-order valence-electron chi connectivity index (χ2n) is 4.46. The molecule has 108 valence electrons. The van der Waals surface area contributed by atoms with Crippen molar-refractivity contribution in [2.75, 3.05) is 32.9 Å². The van der Waals surface area contributed by atoms with Gasteiger partial charge in [-0.2, -0.15) is 0 Å². The first-order chi connectivity index (χ1) is 9.24. The van der Waals surface area contributed by atoms with Crippen LogP contribution in [-0.4, -0.2) is 55.3 Å². The van der Waals surface area contributed by atoms with Crippen molar-refractivity contribution in [2.24, 2.45) is 5.73 Å². The van der Waals surface area contributed by atoms with Gasteiger partial charge in [0.25, 0.3) is 0 Å². The van der Waals surface area contributed by atoms with E-state index in [1.54, 1.807) is 0 Å². The van der Waals surface area contributed by atoms with Gasteiger partial charge in [0.15, 0.2) is 0 Å². The zero-order valence-corrected chi connectivity index (χ0v) is 11.2. The highest BCUT2D eigenvalue weighted by atomic mass is 16.5. The zero-order valence-electron chi connectivity index (χ0n) is 11.2. The Labute approximate surface area is 114 Å². The monoisotopic (exact) mass is 268 g/mol. The van der Waals surface area contributed by atoms with Crippen molar-refractivity contribution in [2.45, 2.75) is 18.6 Å². The van der Waals surface area contributed by atoms with Crippen LogP contribution in [0, 0.1) is 0 Å². The molecule has 2 unspecified atom stereocenters. The maximum atomic E-state index is 9.91. The summed E-state index contributed by atoms with van der Waals surface area (Å²) < 4.78 is 5.10. The third kappa shape index (κ3) is 7.25. The van der Waals surface area contributed by atoms with E-state index in [0.717, 1.165) is 5.56 Å². The molecule has 0 saturated carbocycles. The Bertz CT molecular complexity index is 322. The maximum Gasteiger partial charge on any atom is 0.0818 e. The van der Waals surface area contributed by atoms with Gasteiger partial charge in [0.1, 0.15) is 0 Å². The first kappa shape index (κ1) is 16.1. The molecule has 0 aromatic heterocycles. The van der Waals surface area contributed by atoms with E-state index < -0.39 is 6.10 Å². The minimum atomic E-state index is -0.585. The van der Waals surface area contributed by atoms with E-state index in [4.69, 9.17) is 15.6 Å². The molecule has 1 aromatic carbocycles. The van der Waals surface area contributed by atoms with E-state index in [1.807, 2.05) is 30.3 Å². The SMILES string of the molecule is NC(Cc1ccccc1)C(O)CNCCOCCO. The topological polar surface area (TPSA) is 87.7 Å². The standard InChI is InChI=1S/C14H24N2O3/c15-13(10-12-4-2-1-3-5-12)14(18)11-16-6-8-19-9-7-17/h1-5,13-14,16-18H,6-11,15H2. The molecule has 1 aromatic rings. The second-order valence-corrected chi connectivity index (χ2v) is 4.46. The first-order valence-corrected chi connectivity index (χ1v) is 6.61. The number of aliphatic hydroxyl groups is 2. The third-order valence-corrected chi connectivity index (χ3v) is 2.82. The van der Waals surface area contributed by atoms with E-state index >= 15 is 0 Å². The molecule has 1 rings (SSSR count). The lowest BCUT2D eigenvalue weighted by Crippen LogP contribution is -2.43. The van der Waals surface area contributed by atoms with Crippen LogP contribution in [0.3, 0.4) is 0 Å². The van der Waals surface area contributed by atoms with E-state index in [-0.39, 0.29) is 12.6 Å². The lowest BCUT2D eigenvalue weighted by atomic mass is 10.0. The molecule has 0 aliphatic carbocycles. The number of nitrogens with two attached hydrogens (primary N) is 1. The highest BCUT2D eigenvalue weighted by molar-refractivity contribution is 5.16. The van der Waals surface area contributed by atoms with E-state index in [2.05, 4.69) is 5.32 Å². The summed E-state index contributed by atoms with van der Waals surface area (Å²) >= 11 is 0. The molecular formula is C14H24N2O3. The van der Waals surface area contributed by atoms with Crippen LogP contribution in [0.2, 0.25) is 0 Å². The van der Waals surface area contributed by atoms with Crippen molar-refractivity contribution in [3.8, 4) is 0 Å². The maximum absolute atomic E-state index is 9.91. The lowest BCUT2D eigenvalue weighted by molar-refractivity contribution is 0.0893. The van der Waals surface area contributed by atoms with Gasteiger partial charge in [0, 0.05) is 19.1 Å². The van der Waals surface area contributed by atoms with E-state index in [1.165, 1.54) is 0 Å². The fourth-order valence-electron chi connectivity index (χ4n) is 1.73. The van der Waals surface area contributed by atoms with Crippen molar-refractivity contribution >= 4 is 0 Å². The Morgan fingerprint density at radius 1 is 1.21 bits per heavy atom. The van der Waals surface area contributed by atoms with Gasteiger partial charge in [-0.15, -0.1) is 0 Å². The summed E-state index contributed by atoms with van der Waals surface area (Å²) in [6.07, 6.45) is 0.0723. The molecule has 0 spiro atoms. The molecule has 19 heavy (non-hydrogen) atoms. The van der Waals surface area contributed by atoms with Crippen LogP contribution in [0.1, 0.15) is 5.56 Å². The van der Waals surface area contributed by atoms with Gasteiger partial charge in [-0.3, -0.25) is 0 Å². The number of aliphatic hydroxyl groups excluding tert-OH is 2. The molecule has 5 N–H and O–H groups in total. The summed E-state index contributed by atoms with van der Waals surface area (Å²) in [6, 6.07) is 9.61. The summed E-state index contributed by atoms with van der Waals surface area (Å²) in [5.41, 5.74) is 7.08. The minimum Gasteiger partial charge on any atom is -0.394 e. The molecule has 0 saturated heterocycles. The van der Waals surface area contributed by atoms with Crippen LogP contribution >= 0.6 is 0 Å². The van der Waals surface area contributed by atoms with Gasteiger partial charge >= 0.3 is 0 Å². The van der Waals surface area contributed by atoms with Crippen molar-refractivity contribution in [3.63, 3.8) is 0 Å². The Kier molecular flexibility index (Phi) is 8.36. The Morgan fingerprint density at radius 3 is 2.63 bits per heavy atom. The largest absolute Gasteiger partial charge is 0.394 e. The molecule has 0 aliphatic heterocycles. The average molecular weight is 268 g/mol. The average Bonchev–Trinajstić information content (AvgIpc) is 2.43. The Morgan fingerprint density at radius 2 is 1.95 bits per heavy atom. The third-order valence-electron chi connectivity index (χ3n) is 2.82. The van der Waals surface area contributed by atoms with Crippen molar-refractivity contribution in [3.05, 3.63) is 35.9 Å². The van der Waals surface area contributed by atoms with Gasteiger partial charge in [-0.1, -0.05) is 30.3 Å². The summed E-state index contributed by atoms with van der Waals surface area (Å²) in [7, 11) is 0. The van der Waals surface area contributed by atoms with Crippen LogP contribution in [0.4, 0.5) is 0 Å². The van der Waals surface area contributed by atoms with Gasteiger partial charge in [-0.25, -0.2) is 0 Å². The molecule has 0 radical (unpaired) electrons. The number of ether oxygens (including phenoxy) is 1. The van der Waals surface area contributed by atoms with Crippen LogP contribution in [0.15, 0.2) is 30.3 Å². The number of hydrogen-bond acceptors (Lipinski definition) is 5. The number of rotatable bonds is 10. The molecule has 0 fully saturated rings. The molecule has 5 heteroatoms. The molecule has 0 heterocycles. The fourth-order valence-corrected chi connectivity index (χ4v) is 1.73. The molecular weight excluding hydrogens is 244 g/mol.